The Balaban J connectivity index is 1.80. The Morgan fingerprint density at radius 1 is 1.37 bits per heavy atom. The van der Waals surface area contributed by atoms with E-state index in [9.17, 15) is 5.21 Å². The molecule has 0 aromatic carbocycles. The number of methoxy groups -OCH3 is 1. The zero-order chi connectivity index (χ0) is 13.7. The van der Waals surface area contributed by atoms with Crippen molar-refractivity contribution in [3.8, 4) is 0 Å². The van der Waals surface area contributed by atoms with E-state index in [0.29, 0.717) is 13.1 Å². The van der Waals surface area contributed by atoms with Crippen molar-refractivity contribution in [3.63, 3.8) is 0 Å². The van der Waals surface area contributed by atoms with E-state index in [4.69, 9.17) is 18.9 Å². The molecule has 110 valence electrons. The van der Waals surface area contributed by atoms with Crippen LogP contribution >= 0.6 is 0 Å². The van der Waals surface area contributed by atoms with Crippen molar-refractivity contribution in [2.75, 3.05) is 27.0 Å². The standard InChI is InChI=1S/C13H23NO5/c1-13(2)18-10-7-14(15)6-4-5-9(17-8-16-3)11(14)12(10)19-13/h9-12H,4-8H2,1-3H3/t9-,10-,11-,12-,14?/m1/s1. The first-order valence-electron chi connectivity index (χ1n) is 6.99. The maximum absolute atomic E-state index is 12.9. The second-order valence-electron chi connectivity index (χ2n) is 6.24. The van der Waals surface area contributed by atoms with Crippen LogP contribution in [0.25, 0.3) is 0 Å². The maximum atomic E-state index is 12.9. The van der Waals surface area contributed by atoms with Crippen LogP contribution in [0.4, 0.5) is 0 Å². The molecule has 3 fully saturated rings. The van der Waals surface area contributed by atoms with Gasteiger partial charge in [0.2, 0.25) is 0 Å². The summed E-state index contributed by atoms with van der Waals surface area (Å²) in [5.74, 6) is -0.593. The number of hydroxylamine groups is 3. The van der Waals surface area contributed by atoms with Crippen molar-refractivity contribution < 1.29 is 23.6 Å². The molecule has 0 bridgehead atoms. The second-order valence-corrected chi connectivity index (χ2v) is 6.24. The first-order chi connectivity index (χ1) is 8.95. The molecule has 0 radical (unpaired) electrons. The molecule has 3 aliphatic heterocycles. The van der Waals surface area contributed by atoms with Crippen molar-refractivity contribution in [2.45, 2.75) is 56.8 Å². The Kier molecular flexibility index (Phi) is 3.36. The lowest BCUT2D eigenvalue weighted by Gasteiger charge is -2.51. The van der Waals surface area contributed by atoms with Crippen molar-refractivity contribution in [1.82, 2.24) is 0 Å². The zero-order valence-electron chi connectivity index (χ0n) is 11.8. The first-order valence-corrected chi connectivity index (χ1v) is 6.99. The Labute approximate surface area is 113 Å². The Hall–Kier alpha value is -0.240. The van der Waals surface area contributed by atoms with Gasteiger partial charge < -0.3 is 28.8 Å². The number of piperidine rings is 1. The summed E-state index contributed by atoms with van der Waals surface area (Å²) in [7, 11) is 1.60. The van der Waals surface area contributed by atoms with E-state index in [1.165, 1.54) is 0 Å². The van der Waals surface area contributed by atoms with Crippen LogP contribution in [-0.4, -0.2) is 61.8 Å². The molecular formula is C13H23NO5. The molecule has 0 saturated carbocycles. The minimum absolute atomic E-state index is 0.0984. The Morgan fingerprint density at radius 2 is 2.16 bits per heavy atom. The van der Waals surface area contributed by atoms with Gasteiger partial charge in [0.05, 0.1) is 6.54 Å². The fraction of sp³-hybridized carbons (Fsp3) is 1.00. The lowest BCUT2D eigenvalue weighted by molar-refractivity contribution is -0.906. The lowest BCUT2D eigenvalue weighted by atomic mass is 9.96. The third-order valence-electron chi connectivity index (χ3n) is 4.40. The van der Waals surface area contributed by atoms with Crippen LogP contribution < -0.4 is 0 Å². The van der Waals surface area contributed by atoms with Gasteiger partial charge in [-0.15, -0.1) is 0 Å². The minimum Gasteiger partial charge on any atom is -0.632 e. The van der Waals surface area contributed by atoms with Crippen LogP contribution in [0.3, 0.4) is 0 Å². The van der Waals surface area contributed by atoms with Gasteiger partial charge in [0, 0.05) is 7.11 Å². The number of ether oxygens (including phenoxy) is 4. The molecule has 3 heterocycles. The van der Waals surface area contributed by atoms with Crippen molar-refractivity contribution in [2.24, 2.45) is 0 Å². The topological polar surface area (TPSA) is 60.0 Å². The molecule has 1 unspecified atom stereocenters. The summed E-state index contributed by atoms with van der Waals surface area (Å²) in [4.78, 5) is 0. The predicted molar refractivity (Wildman–Crippen MR) is 67.0 cm³/mol. The van der Waals surface area contributed by atoms with Crippen molar-refractivity contribution in [3.05, 3.63) is 5.21 Å². The molecule has 0 amide bonds. The minimum atomic E-state index is -0.593. The van der Waals surface area contributed by atoms with Gasteiger partial charge in [-0.2, -0.15) is 0 Å². The average molecular weight is 273 g/mol. The Bertz CT molecular complexity index is 350. The van der Waals surface area contributed by atoms with E-state index < -0.39 is 5.79 Å². The molecule has 3 aliphatic rings. The highest BCUT2D eigenvalue weighted by Crippen LogP contribution is 2.44. The highest BCUT2D eigenvalue weighted by Gasteiger charge is 2.61. The SMILES string of the molecule is COCO[C@@H]1CCC[N+]2([O-])C[C@H]3OC(C)(C)O[C@H]3[C@@H]12. The van der Waals surface area contributed by atoms with Crippen LogP contribution in [0, 0.1) is 5.21 Å². The van der Waals surface area contributed by atoms with E-state index in [1.54, 1.807) is 7.11 Å². The van der Waals surface area contributed by atoms with Crippen molar-refractivity contribution >= 4 is 0 Å². The highest BCUT2D eigenvalue weighted by atomic mass is 16.8. The van der Waals surface area contributed by atoms with Gasteiger partial charge in [-0.3, -0.25) is 0 Å². The molecule has 0 aliphatic carbocycles. The van der Waals surface area contributed by atoms with Crippen LogP contribution in [-0.2, 0) is 18.9 Å². The molecule has 6 nitrogen and oxygen atoms in total. The monoisotopic (exact) mass is 273 g/mol. The fourth-order valence-electron chi connectivity index (χ4n) is 3.81. The van der Waals surface area contributed by atoms with Crippen molar-refractivity contribution in [1.29, 1.82) is 0 Å². The normalized spacial score (nSPS) is 48.0. The molecule has 6 heteroatoms. The van der Waals surface area contributed by atoms with Crippen LogP contribution in [0.2, 0.25) is 0 Å². The van der Waals surface area contributed by atoms with Gasteiger partial charge in [0.25, 0.3) is 0 Å². The lowest BCUT2D eigenvalue weighted by Crippen LogP contribution is -2.60. The average Bonchev–Trinajstić information content (AvgIpc) is 2.73. The number of rotatable bonds is 3. The van der Waals surface area contributed by atoms with Gasteiger partial charge in [-0.25, -0.2) is 0 Å². The van der Waals surface area contributed by atoms with Crippen LogP contribution in [0.15, 0.2) is 0 Å². The molecule has 5 atom stereocenters. The second kappa shape index (κ2) is 4.65. The van der Waals surface area contributed by atoms with Gasteiger partial charge in [0.15, 0.2) is 5.79 Å². The molecular weight excluding hydrogens is 250 g/mol. The summed E-state index contributed by atoms with van der Waals surface area (Å²) < 4.78 is 22.3. The smallest absolute Gasteiger partial charge is 0.164 e. The first kappa shape index (κ1) is 13.7. The van der Waals surface area contributed by atoms with E-state index in [0.717, 1.165) is 12.8 Å². The summed E-state index contributed by atoms with van der Waals surface area (Å²) in [6, 6.07) is -0.185. The molecule has 0 spiro atoms. The van der Waals surface area contributed by atoms with E-state index >= 15 is 0 Å². The largest absolute Gasteiger partial charge is 0.632 e. The molecule has 0 aromatic rings. The van der Waals surface area contributed by atoms with Gasteiger partial charge in [-0.05, 0) is 26.7 Å². The highest BCUT2D eigenvalue weighted by molar-refractivity contribution is 4.98. The summed E-state index contributed by atoms with van der Waals surface area (Å²) in [6.07, 6.45) is 1.41. The van der Waals surface area contributed by atoms with Crippen LogP contribution in [0.5, 0.6) is 0 Å². The number of nitrogens with zero attached hydrogens (tertiary/aromatic N) is 1. The van der Waals surface area contributed by atoms with E-state index in [2.05, 4.69) is 0 Å². The molecule has 3 saturated heterocycles. The molecule has 0 N–H and O–H groups in total. The summed E-state index contributed by atoms with van der Waals surface area (Å²) in [5, 5.41) is 12.9. The zero-order valence-corrected chi connectivity index (χ0v) is 11.8. The van der Waals surface area contributed by atoms with E-state index in [-0.39, 0.29) is 35.8 Å². The number of fused-ring (bicyclic) bond motifs is 3. The van der Waals surface area contributed by atoms with Gasteiger partial charge >= 0.3 is 0 Å². The predicted octanol–water partition coefficient (Wildman–Crippen LogP) is 0.986. The third-order valence-corrected chi connectivity index (χ3v) is 4.40. The van der Waals surface area contributed by atoms with Gasteiger partial charge in [-0.1, -0.05) is 0 Å². The quantitative estimate of drug-likeness (QED) is 0.436. The molecule has 19 heavy (non-hydrogen) atoms. The van der Waals surface area contributed by atoms with Gasteiger partial charge in [0.1, 0.15) is 37.7 Å². The van der Waals surface area contributed by atoms with E-state index in [1.807, 2.05) is 13.8 Å². The fourth-order valence-corrected chi connectivity index (χ4v) is 3.81. The summed E-state index contributed by atoms with van der Waals surface area (Å²) in [5.41, 5.74) is 0. The Morgan fingerprint density at radius 3 is 2.89 bits per heavy atom. The summed E-state index contributed by atoms with van der Waals surface area (Å²) >= 11 is 0. The number of quaternary nitrogens is 1. The molecule has 3 rings (SSSR count). The molecule has 0 aromatic heterocycles. The number of hydrogen-bond donors (Lipinski definition) is 0. The number of hydrogen-bond acceptors (Lipinski definition) is 5. The summed E-state index contributed by atoms with van der Waals surface area (Å²) in [6.45, 7) is 5.14. The van der Waals surface area contributed by atoms with Crippen LogP contribution in [0.1, 0.15) is 26.7 Å². The maximum Gasteiger partial charge on any atom is 0.164 e. The third kappa shape index (κ3) is 2.30.